The third-order valence-electron chi connectivity index (χ3n) is 5.03. The largest absolute Gasteiger partial charge is 0.459 e. The Hall–Kier alpha value is -4.84. The number of hydrazine groups is 1. The van der Waals surface area contributed by atoms with E-state index in [1.54, 1.807) is 24.3 Å². The fourth-order valence-electron chi connectivity index (χ4n) is 3.09. The van der Waals surface area contributed by atoms with Gasteiger partial charge >= 0.3 is 12.1 Å². The first-order valence-electron chi connectivity index (χ1n) is 11.3. The molecule has 0 aliphatic carbocycles. The predicted octanol–water partition coefficient (Wildman–Crippen LogP) is 3.82. The number of nitrogens with one attached hydrogen (secondary N) is 3. The summed E-state index contributed by atoms with van der Waals surface area (Å²) in [6.07, 6.45) is -0.876. The van der Waals surface area contributed by atoms with Crippen molar-refractivity contribution in [2.45, 2.75) is 32.1 Å². The van der Waals surface area contributed by atoms with Crippen molar-refractivity contribution < 1.29 is 23.9 Å². The van der Waals surface area contributed by atoms with Gasteiger partial charge in [-0.3, -0.25) is 15.6 Å². The van der Waals surface area contributed by atoms with Gasteiger partial charge in [0.15, 0.2) is 0 Å². The number of anilines is 1. The zero-order valence-corrected chi connectivity index (χ0v) is 19.5. The van der Waals surface area contributed by atoms with Gasteiger partial charge in [-0.05, 0) is 41.8 Å². The summed E-state index contributed by atoms with van der Waals surface area (Å²) < 4.78 is 10.6. The van der Waals surface area contributed by atoms with E-state index in [0.717, 1.165) is 11.1 Å². The van der Waals surface area contributed by atoms with Crippen LogP contribution in [0.3, 0.4) is 0 Å². The van der Waals surface area contributed by atoms with Crippen molar-refractivity contribution >= 4 is 23.7 Å². The molecule has 0 aliphatic rings. The topological polar surface area (TPSA) is 130 Å². The number of ether oxygens (including phenoxy) is 2. The van der Waals surface area contributed by atoms with E-state index in [1.807, 2.05) is 66.7 Å². The van der Waals surface area contributed by atoms with Crippen LogP contribution >= 0.6 is 0 Å². The second-order valence-electron chi connectivity index (χ2n) is 7.75. The molecule has 3 rings (SSSR count). The van der Waals surface area contributed by atoms with Gasteiger partial charge in [-0.1, -0.05) is 60.7 Å². The van der Waals surface area contributed by atoms with Crippen LogP contribution in [0, 0.1) is 11.3 Å². The van der Waals surface area contributed by atoms with E-state index in [1.165, 1.54) is 0 Å². The van der Waals surface area contributed by atoms with Crippen LogP contribution in [-0.2, 0) is 32.3 Å². The molecule has 3 aromatic carbocycles. The number of carbonyl (C=O) groups excluding carboxylic acids is 3. The molecule has 0 spiro atoms. The molecule has 0 aromatic heterocycles. The zero-order chi connectivity index (χ0) is 25.6. The average molecular weight is 487 g/mol. The Balaban J connectivity index is 1.53. The van der Waals surface area contributed by atoms with E-state index in [0.29, 0.717) is 11.3 Å². The second kappa shape index (κ2) is 13.8. The summed E-state index contributed by atoms with van der Waals surface area (Å²) in [7, 11) is 0. The van der Waals surface area contributed by atoms with Crippen molar-refractivity contribution in [2.24, 2.45) is 0 Å². The highest BCUT2D eigenvalue weighted by atomic mass is 16.6. The van der Waals surface area contributed by atoms with Gasteiger partial charge in [0.1, 0.15) is 19.3 Å². The van der Waals surface area contributed by atoms with E-state index in [4.69, 9.17) is 14.7 Å². The molecule has 0 aliphatic heterocycles. The number of rotatable bonds is 11. The summed E-state index contributed by atoms with van der Waals surface area (Å²) in [6, 6.07) is 25.7. The van der Waals surface area contributed by atoms with Crippen LogP contribution in [-0.4, -0.2) is 24.0 Å². The Bertz CT molecular complexity index is 1180. The van der Waals surface area contributed by atoms with Gasteiger partial charge < -0.3 is 14.8 Å². The molecule has 9 nitrogen and oxygen atoms in total. The lowest BCUT2D eigenvalue weighted by Crippen LogP contribution is -2.43. The van der Waals surface area contributed by atoms with Crippen molar-refractivity contribution in [1.82, 2.24) is 10.7 Å². The third kappa shape index (κ3) is 8.83. The number of carbonyl (C=O) groups is 3. The number of hydrogen-bond donors (Lipinski definition) is 3. The molecule has 3 aromatic rings. The number of amides is 2. The Kier molecular flexibility index (Phi) is 9.86. The average Bonchev–Trinajstić information content (AvgIpc) is 2.93. The van der Waals surface area contributed by atoms with Gasteiger partial charge in [0.2, 0.25) is 5.91 Å². The maximum absolute atomic E-state index is 12.7. The standard InChI is InChI=1S/C27H26N4O5/c28-17-20-11-13-23(14-12-20)30-31-25(32)16-15-24(26(33)35-18-21-7-3-1-4-8-21)29-27(34)36-19-22-9-5-2-6-10-22/h1-14,24,30H,15-16,18-19H2,(H,29,34)(H,31,32)/t24-/m1/s1. The highest BCUT2D eigenvalue weighted by molar-refractivity contribution is 5.83. The maximum Gasteiger partial charge on any atom is 0.408 e. The van der Waals surface area contributed by atoms with Gasteiger partial charge in [0.05, 0.1) is 17.3 Å². The van der Waals surface area contributed by atoms with Crippen molar-refractivity contribution in [3.05, 3.63) is 102 Å². The lowest BCUT2D eigenvalue weighted by molar-refractivity contribution is -0.147. The SMILES string of the molecule is N#Cc1ccc(NNC(=O)CC[C@@H](NC(=O)OCc2ccccc2)C(=O)OCc2ccccc2)cc1. The van der Waals surface area contributed by atoms with Crippen LogP contribution in [0.5, 0.6) is 0 Å². The number of hydrogen-bond acceptors (Lipinski definition) is 7. The molecule has 36 heavy (non-hydrogen) atoms. The minimum absolute atomic E-state index is 0.00502. The van der Waals surface area contributed by atoms with E-state index in [-0.39, 0.29) is 26.1 Å². The van der Waals surface area contributed by atoms with Crippen LogP contribution < -0.4 is 16.2 Å². The molecule has 0 bridgehead atoms. The van der Waals surface area contributed by atoms with Gasteiger partial charge in [-0.2, -0.15) is 5.26 Å². The number of esters is 1. The smallest absolute Gasteiger partial charge is 0.408 e. The van der Waals surface area contributed by atoms with Gasteiger partial charge in [-0.15, -0.1) is 0 Å². The first-order chi connectivity index (χ1) is 17.5. The normalized spacial score (nSPS) is 10.9. The van der Waals surface area contributed by atoms with Gasteiger partial charge in [0, 0.05) is 6.42 Å². The molecule has 0 radical (unpaired) electrons. The van der Waals surface area contributed by atoms with Crippen molar-refractivity contribution in [3.8, 4) is 6.07 Å². The summed E-state index contributed by atoms with van der Waals surface area (Å²) in [5.41, 5.74) is 7.93. The van der Waals surface area contributed by atoms with E-state index in [2.05, 4.69) is 16.2 Å². The van der Waals surface area contributed by atoms with Crippen LogP contribution in [0.1, 0.15) is 29.5 Å². The first kappa shape index (κ1) is 25.8. The fourth-order valence-corrected chi connectivity index (χ4v) is 3.09. The molecule has 9 heteroatoms. The van der Waals surface area contributed by atoms with Crippen LogP contribution in [0.25, 0.3) is 0 Å². The summed E-state index contributed by atoms with van der Waals surface area (Å²) in [5, 5.41) is 11.4. The minimum Gasteiger partial charge on any atom is -0.459 e. The third-order valence-corrected chi connectivity index (χ3v) is 5.03. The minimum atomic E-state index is -1.09. The Morgan fingerprint density at radius 1 is 0.806 bits per heavy atom. The molecule has 184 valence electrons. The fraction of sp³-hybridized carbons (Fsp3) is 0.185. The van der Waals surface area contributed by atoms with Crippen molar-refractivity contribution in [1.29, 1.82) is 5.26 Å². The quantitative estimate of drug-likeness (QED) is 0.277. The highest BCUT2D eigenvalue weighted by Crippen LogP contribution is 2.09. The second-order valence-corrected chi connectivity index (χ2v) is 7.75. The molecule has 0 heterocycles. The molecule has 1 atom stereocenters. The Morgan fingerprint density at radius 2 is 1.39 bits per heavy atom. The monoisotopic (exact) mass is 486 g/mol. The maximum atomic E-state index is 12.7. The van der Waals surface area contributed by atoms with Crippen LogP contribution in [0.4, 0.5) is 10.5 Å². The Morgan fingerprint density at radius 3 is 1.97 bits per heavy atom. The Labute approximate surface area is 209 Å². The highest BCUT2D eigenvalue weighted by Gasteiger charge is 2.24. The number of nitriles is 1. The predicted molar refractivity (Wildman–Crippen MR) is 132 cm³/mol. The molecule has 0 saturated heterocycles. The molecule has 0 saturated carbocycles. The van der Waals surface area contributed by atoms with E-state index in [9.17, 15) is 14.4 Å². The van der Waals surface area contributed by atoms with Gasteiger partial charge in [-0.25, -0.2) is 9.59 Å². The molecule has 0 unspecified atom stereocenters. The van der Waals surface area contributed by atoms with Crippen molar-refractivity contribution in [2.75, 3.05) is 5.43 Å². The van der Waals surface area contributed by atoms with E-state index >= 15 is 0 Å². The molecular weight excluding hydrogens is 460 g/mol. The summed E-state index contributed by atoms with van der Waals surface area (Å²) >= 11 is 0. The lowest BCUT2D eigenvalue weighted by atomic mass is 10.1. The number of alkyl carbamates (subject to hydrolysis) is 1. The molecule has 0 fully saturated rings. The summed E-state index contributed by atoms with van der Waals surface area (Å²) in [4.78, 5) is 37.4. The van der Waals surface area contributed by atoms with Crippen molar-refractivity contribution in [3.63, 3.8) is 0 Å². The molecule has 3 N–H and O–H groups in total. The number of benzene rings is 3. The first-order valence-corrected chi connectivity index (χ1v) is 11.3. The summed E-state index contributed by atoms with van der Waals surface area (Å²) in [5.74, 6) is -1.08. The van der Waals surface area contributed by atoms with Crippen LogP contribution in [0.2, 0.25) is 0 Å². The number of nitrogens with zero attached hydrogens (tertiary/aromatic N) is 1. The molecular formula is C27H26N4O5. The van der Waals surface area contributed by atoms with Crippen LogP contribution in [0.15, 0.2) is 84.9 Å². The summed E-state index contributed by atoms with van der Waals surface area (Å²) in [6.45, 7) is 0.0663. The molecule has 2 amide bonds. The van der Waals surface area contributed by atoms with E-state index < -0.39 is 24.0 Å². The lowest BCUT2D eigenvalue weighted by Gasteiger charge is -2.18. The van der Waals surface area contributed by atoms with Gasteiger partial charge in [0.25, 0.3) is 0 Å². The zero-order valence-electron chi connectivity index (χ0n) is 19.5.